The fourth-order valence-electron chi connectivity index (χ4n) is 5.66. The highest BCUT2D eigenvalue weighted by molar-refractivity contribution is 5.33. The summed E-state index contributed by atoms with van der Waals surface area (Å²) in [7, 11) is 0. The summed E-state index contributed by atoms with van der Waals surface area (Å²) in [5.74, 6) is 1.05. The van der Waals surface area contributed by atoms with Crippen LogP contribution in [0.1, 0.15) is 63.4 Å². The van der Waals surface area contributed by atoms with Crippen LogP contribution in [0, 0.1) is 5.41 Å². The average Bonchev–Trinajstić information content (AvgIpc) is 3.18. The van der Waals surface area contributed by atoms with E-state index in [2.05, 4.69) is 34.1 Å². The van der Waals surface area contributed by atoms with Crippen LogP contribution in [0.4, 0.5) is 0 Å². The third-order valence-corrected chi connectivity index (χ3v) is 7.24. The highest BCUT2D eigenvalue weighted by Crippen LogP contribution is 2.45. The molecule has 2 atom stereocenters. The lowest BCUT2D eigenvalue weighted by atomic mass is 9.76. The van der Waals surface area contributed by atoms with Crippen molar-refractivity contribution in [2.24, 2.45) is 5.41 Å². The molecule has 1 aromatic carbocycles. The molecule has 8 nitrogen and oxygen atoms in total. The Kier molecular flexibility index (Phi) is 13.0. The van der Waals surface area contributed by atoms with Crippen molar-refractivity contribution in [3.63, 3.8) is 0 Å². The molecular weight excluding hydrogens is 436 g/mol. The van der Waals surface area contributed by atoms with Gasteiger partial charge in [0.05, 0.1) is 12.7 Å². The second-order valence-corrected chi connectivity index (χ2v) is 9.51. The first-order chi connectivity index (χ1) is 16.6. The first-order valence-corrected chi connectivity index (χ1v) is 12.6. The zero-order chi connectivity index (χ0) is 24.7. The van der Waals surface area contributed by atoms with Gasteiger partial charge in [-0.25, -0.2) is 0 Å². The molecule has 1 saturated carbocycles. The maximum Gasteiger partial charge on any atom is 0.290 e. The van der Waals surface area contributed by atoms with Gasteiger partial charge in [-0.15, -0.1) is 0 Å². The number of ether oxygens (including phenoxy) is 1. The maximum absolute atomic E-state index is 10.5. The normalized spacial score (nSPS) is 24.9. The quantitative estimate of drug-likeness (QED) is 0.404. The highest BCUT2D eigenvalue weighted by Gasteiger charge is 2.44. The van der Waals surface area contributed by atoms with E-state index in [0.717, 1.165) is 51.4 Å². The predicted molar refractivity (Wildman–Crippen MR) is 131 cm³/mol. The summed E-state index contributed by atoms with van der Waals surface area (Å²) in [5.41, 5.74) is 1.45. The summed E-state index contributed by atoms with van der Waals surface area (Å²) >= 11 is 0. The molecule has 0 aromatic heterocycles. The van der Waals surface area contributed by atoms with Crippen LogP contribution < -0.4 is 4.74 Å². The summed E-state index contributed by atoms with van der Waals surface area (Å²) in [6, 6.07) is 8.55. The van der Waals surface area contributed by atoms with E-state index in [1.807, 2.05) is 0 Å². The molecule has 4 rings (SSSR count). The van der Waals surface area contributed by atoms with Crippen LogP contribution in [-0.4, -0.2) is 83.5 Å². The molecule has 0 unspecified atom stereocenters. The number of aliphatic hydroxyl groups is 1. The van der Waals surface area contributed by atoms with Crippen molar-refractivity contribution in [2.75, 3.05) is 39.3 Å². The third kappa shape index (κ3) is 8.89. The Hall–Kier alpha value is -2.16. The standard InChI is InChI=1S/C24H38N2O2.2CH2O2/c27-23-11-6-12-24(23)13-7-16-26(20-24)19-21-9-2-3-10-22(21)28-18-8-17-25-14-4-1-5-15-25;2*2-1-3/h2-3,9-10,23,27H,1,4-8,11-20H2;2*1H,(H,2,3)/t23-,24-;;/m1../s1. The van der Waals surface area contributed by atoms with Crippen molar-refractivity contribution in [3.8, 4) is 5.75 Å². The number of aliphatic hydroxyl groups excluding tert-OH is 1. The van der Waals surface area contributed by atoms with E-state index in [1.165, 1.54) is 63.6 Å². The molecule has 0 radical (unpaired) electrons. The van der Waals surface area contributed by atoms with Crippen LogP contribution in [0.5, 0.6) is 5.75 Å². The Labute approximate surface area is 203 Å². The topological polar surface area (TPSA) is 111 Å². The molecule has 2 aliphatic heterocycles. The van der Waals surface area contributed by atoms with E-state index in [4.69, 9.17) is 24.5 Å². The van der Waals surface area contributed by atoms with Crippen molar-refractivity contribution >= 4 is 12.9 Å². The van der Waals surface area contributed by atoms with Gasteiger partial charge >= 0.3 is 0 Å². The molecule has 34 heavy (non-hydrogen) atoms. The molecule has 2 saturated heterocycles. The van der Waals surface area contributed by atoms with Gasteiger partial charge in [0.25, 0.3) is 12.9 Å². The Bertz CT molecular complexity index is 706. The van der Waals surface area contributed by atoms with Gasteiger partial charge in [0, 0.05) is 30.6 Å². The highest BCUT2D eigenvalue weighted by atomic mass is 16.5. The summed E-state index contributed by atoms with van der Waals surface area (Å²) < 4.78 is 6.21. The molecule has 2 heterocycles. The van der Waals surface area contributed by atoms with E-state index in [-0.39, 0.29) is 24.5 Å². The lowest BCUT2D eigenvalue weighted by Gasteiger charge is -2.42. The van der Waals surface area contributed by atoms with Crippen molar-refractivity contribution < 1.29 is 29.6 Å². The molecule has 1 spiro atoms. The molecule has 3 N–H and O–H groups in total. The molecule has 1 aromatic rings. The molecular formula is C26H42N2O6. The second-order valence-electron chi connectivity index (χ2n) is 9.51. The minimum Gasteiger partial charge on any atom is -0.493 e. The van der Waals surface area contributed by atoms with Gasteiger partial charge in [-0.1, -0.05) is 31.0 Å². The van der Waals surface area contributed by atoms with E-state index >= 15 is 0 Å². The number of carbonyl (C=O) groups is 2. The number of nitrogens with zero attached hydrogens (tertiary/aromatic N) is 2. The summed E-state index contributed by atoms with van der Waals surface area (Å²) in [6.45, 7) is 7.11. The molecule has 192 valence electrons. The number of likely N-dealkylation sites (tertiary alicyclic amines) is 2. The molecule has 0 bridgehead atoms. The number of hydrogen-bond acceptors (Lipinski definition) is 6. The number of para-hydroxylation sites is 1. The average molecular weight is 479 g/mol. The van der Waals surface area contributed by atoms with Gasteiger partial charge in [0.2, 0.25) is 0 Å². The van der Waals surface area contributed by atoms with E-state index in [9.17, 15) is 5.11 Å². The number of benzene rings is 1. The lowest BCUT2D eigenvalue weighted by molar-refractivity contribution is -0.123. The van der Waals surface area contributed by atoms with E-state index in [0.29, 0.717) is 0 Å². The van der Waals surface area contributed by atoms with Crippen LogP contribution in [0.25, 0.3) is 0 Å². The molecule has 3 aliphatic rings. The van der Waals surface area contributed by atoms with E-state index < -0.39 is 0 Å². The Morgan fingerprint density at radius 2 is 1.59 bits per heavy atom. The zero-order valence-corrected chi connectivity index (χ0v) is 20.3. The first kappa shape index (κ1) is 28.1. The number of hydrogen-bond donors (Lipinski definition) is 3. The van der Waals surface area contributed by atoms with Crippen LogP contribution in [0.3, 0.4) is 0 Å². The fourth-order valence-corrected chi connectivity index (χ4v) is 5.66. The van der Waals surface area contributed by atoms with Gasteiger partial charge in [-0.05, 0) is 70.6 Å². The van der Waals surface area contributed by atoms with Gasteiger partial charge in [-0.3, -0.25) is 14.5 Å². The molecule has 3 fully saturated rings. The molecule has 1 aliphatic carbocycles. The van der Waals surface area contributed by atoms with Crippen molar-refractivity contribution in [2.45, 2.75) is 70.4 Å². The molecule has 8 heteroatoms. The molecule has 0 amide bonds. The van der Waals surface area contributed by atoms with Crippen LogP contribution in [-0.2, 0) is 16.1 Å². The number of carboxylic acid groups (broad SMARTS) is 2. The fraction of sp³-hybridized carbons (Fsp3) is 0.692. The minimum absolute atomic E-state index is 0.100. The van der Waals surface area contributed by atoms with Crippen molar-refractivity contribution in [1.82, 2.24) is 9.80 Å². The monoisotopic (exact) mass is 478 g/mol. The van der Waals surface area contributed by atoms with Crippen molar-refractivity contribution in [1.29, 1.82) is 0 Å². The summed E-state index contributed by atoms with van der Waals surface area (Å²) in [4.78, 5) is 21.9. The maximum atomic E-state index is 10.5. The lowest BCUT2D eigenvalue weighted by Crippen LogP contribution is -2.46. The van der Waals surface area contributed by atoms with Crippen LogP contribution in [0.2, 0.25) is 0 Å². The largest absolute Gasteiger partial charge is 0.493 e. The SMILES string of the molecule is O=CO.O=CO.O[C@@H]1CCC[C@]12CCCN(Cc1ccccc1OCCCN1CCCCC1)C2. The van der Waals surface area contributed by atoms with Gasteiger partial charge < -0.3 is 25.0 Å². The predicted octanol–water partition coefficient (Wildman–Crippen LogP) is 3.47. The van der Waals surface area contributed by atoms with Crippen LogP contribution in [0.15, 0.2) is 24.3 Å². The van der Waals surface area contributed by atoms with Crippen LogP contribution >= 0.6 is 0 Å². The Morgan fingerprint density at radius 3 is 2.26 bits per heavy atom. The Morgan fingerprint density at radius 1 is 0.941 bits per heavy atom. The number of rotatable bonds is 7. The third-order valence-electron chi connectivity index (χ3n) is 7.24. The summed E-state index contributed by atoms with van der Waals surface area (Å²) in [6.07, 6.45) is 10.9. The van der Waals surface area contributed by atoms with E-state index in [1.54, 1.807) is 0 Å². The Balaban J connectivity index is 0.000000618. The van der Waals surface area contributed by atoms with Gasteiger partial charge in [-0.2, -0.15) is 0 Å². The van der Waals surface area contributed by atoms with Gasteiger partial charge in [0.1, 0.15) is 5.75 Å². The smallest absolute Gasteiger partial charge is 0.290 e. The zero-order valence-electron chi connectivity index (χ0n) is 20.3. The number of piperidine rings is 2. The van der Waals surface area contributed by atoms with Gasteiger partial charge in [0.15, 0.2) is 0 Å². The minimum atomic E-state index is -0.250. The first-order valence-electron chi connectivity index (χ1n) is 12.6. The summed E-state index contributed by atoms with van der Waals surface area (Å²) in [5, 5.41) is 24.3. The second kappa shape index (κ2) is 15.7. The van der Waals surface area contributed by atoms with Crippen molar-refractivity contribution in [3.05, 3.63) is 29.8 Å².